The Labute approximate surface area is 163 Å². The number of nitrogens with one attached hydrogen (secondary N) is 1. The molecular weight excluding hydrogens is 360 g/mol. The quantitative estimate of drug-likeness (QED) is 0.609. The van der Waals surface area contributed by atoms with E-state index in [-0.39, 0.29) is 12.3 Å². The number of carbonyl (C=O) groups excluding carboxylic acids is 1. The van der Waals surface area contributed by atoms with E-state index in [2.05, 4.69) is 10.3 Å². The molecule has 3 rings (SSSR count). The fourth-order valence-electron chi connectivity index (χ4n) is 2.63. The zero-order valence-corrected chi connectivity index (χ0v) is 16.2. The topological polar surface area (TPSA) is 60.5 Å². The molecule has 0 unspecified atom stereocenters. The lowest BCUT2D eigenvalue weighted by molar-refractivity contribution is -0.115. The molecule has 0 fully saturated rings. The Morgan fingerprint density at radius 1 is 1.04 bits per heavy atom. The predicted octanol–water partition coefficient (Wildman–Crippen LogP) is 4.79. The summed E-state index contributed by atoms with van der Waals surface area (Å²) in [6.45, 7) is 5.10. The Kier molecular flexibility index (Phi) is 6.44. The second-order valence-corrected chi connectivity index (χ2v) is 6.63. The molecule has 1 heterocycles. The van der Waals surface area contributed by atoms with Crippen molar-refractivity contribution in [1.29, 1.82) is 0 Å². The van der Waals surface area contributed by atoms with Crippen LogP contribution >= 0.6 is 11.3 Å². The van der Waals surface area contributed by atoms with Crippen molar-refractivity contribution in [3.8, 4) is 22.8 Å². The van der Waals surface area contributed by atoms with Crippen LogP contribution in [-0.4, -0.2) is 24.1 Å². The summed E-state index contributed by atoms with van der Waals surface area (Å²) in [4.78, 5) is 16.8. The smallest absolute Gasteiger partial charge is 0.230 e. The molecule has 27 heavy (non-hydrogen) atoms. The first-order chi connectivity index (χ1) is 13.2. The van der Waals surface area contributed by atoms with Gasteiger partial charge >= 0.3 is 0 Å². The second-order valence-electron chi connectivity index (χ2n) is 5.77. The number of thiazole rings is 1. The molecule has 0 aliphatic rings. The Hall–Kier alpha value is -2.86. The minimum absolute atomic E-state index is 0.0989. The van der Waals surface area contributed by atoms with Crippen LogP contribution in [0.3, 0.4) is 0 Å². The highest BCUT2D eigenvalue weighted by atomic mass is 32.1. The molecule has 0 atom stereocenters. The monoisotopic (exact) mass is 382 g/mol. The van der Waals surface area contributed by atoms with Crippen molar-refractivity contribution in [3.05, 3.63) is 59.5 Å². The predicted molar refractivity (Wildman–Crippen MR) is 109 cm³/mol. The third-order valence-corrected chi connectivity index (χ3v) is 4.57. The van der Waals surface area contributed by atoms with Crippen LogP contribution in [-0.2, 0) is 11.2 Å². The van der Waals surface area contributed by atoms with Crippen LogP contribution in [0.15, 0.2) is 53.9 Å². The molecule has 0 saturated carbocycles. The Morgan fingerprint density at radius 3 is 2.52 bits per heavy atom. The molecule has 0 radical (unpaired) electrons. The van der Waals surface area contributed by atoms with E-state index in [1.165, 1.54) is 11.3 Å². The molecule has 0 saturated heterocycles. The van der Waals surface area contributed by atoms with Crippen LogP contribution in [0.5, 0.6) is 11.5 Å². The molecule has 2 aromatic carbocycles. The molecule has 0 bridgehead atoms. The molecular formula is C21H22N2O3S. The maximum Gasteiger partial charge on any atom is 0.230 e. The van der Waals surface area contributed by atoms with Gasteiger partial charge in [0.15, 0.2) is 5.13 Å². The Bertz CT molecular complexity index is 890. The molecule has 0 spiro atoms. The molecule has 5 nitrogen and oxygen atoms in total. The van der Waals surface area contributed by atoms with Crippen LogP contribution in [0.1, 0.15) is 19.4 Å². The van der Waals surface area contributed by atoms with E-state index in [1.54, 1.807) is 0 Å². The van der Waals surface area contributed by atoms with E-state index in [9.17, 15) is 4.79 Å². The largest absolute Gasteiger partial charge is 0.494 e. The lowest BCUT2D eigenvalue weighted by Gasteiger charge is -2.07. The third kappa shape index (κ3) is 5.08. The van der Waals surface area contributed by atoms with Gasteiger partial charge in [-0.2, -0.15) is 0 Å². The van der Waals surface area contributed by atoms with E-state index in [4.69, 9.17) is 9.47 Å². The maximum atomic E-state index is 12.3. The van der Waals surface area contributed by atoms with E-state index < -0.39 is 0 Å². The molecule has 1 aromatic heterocycles. The van der Waals surface area contributed by atoms with Gasteiger partial charge in [0.2, 0.25) is 5.91 Å². The van der Waals surface area contributed by atoms with Gasteiger partial charge in [-0.15, -0.1) is 11.3 Å². The van der Waals surface area contributed by atoms with Gasteiger partial charge in [0.1, 0.15) is 11.5 Å². The van der Waals surface area contributed by atoms with Crippen LogP contribution in [0.2, 0.25) is 0 Å². The lowest BCUT2D eigenvalue weighted by Crippen LogP contribution is -2.14. The van der Waals surface area contributed by atoms with Gasteiger partial charge in [0, 0.05) is 10.9 Å². The van der Waals surface area contributed by atoms with Gasteiger partial charge in [-0.25, -0.2) is 4.98 Å². The van der Waals surface area contributed by atoms with E-state index in [0.29, 0.717) is 18.3 Å². The van der Waals surface area contributed by atoms with E-state index in [1.807, 2.05) is 67.8 Å². The highest BCUT2D eigenvalue weighted by molar-refractivity contribution is 7.14. The number of hydrogen-bond acceptors (Lipinski definition) is 5. The fourth-order valence-corrected chi connectivity index (χ4v) is 3.36. The van der Waals surface area contributed by atoms with E-state index >= 15 is 0 Å². The first-order valence-corrected chi connectivity index (χ1v) is 9.77. The summed E-state index contributed by atoms with van der Waals surface area (Å²) in [5.74, 6) is 1.50. The SMILES string of the molecule is CCOc1ccc(CC(=O)Nc2nc(-c3ccccc3OCC)cs2)cc1. The maximum absolute atomic E-state index is 12.3. The minimum Gasteiger partial charge on any atom is -0.494 e. The van der Waals surface area contributed by atoms with Gasteiger partial charge < -0.3 is 14.8 Å². The number of nitrogens with zero attached hydrogens (tertiary/aromatic N) is 1. The first kappa shape index (κ1) is 18.9. The van der Waals surface area contributed by atoms with Crippen molar-refractivity contribution in [2.75, 3.05) is 18.5 Å². The number of hydrogen-bond donors (Lipinski definition) is 1. The summed E-state index contributed by atoms with van der Waals surface area (Å²) in [5.41, 5.74) is 2.64. The second kappa shape index (κ2) is 9.19. The van der Waals surface area contributed by atoms with Gasteiger partial charge in [0.05, 0.1) is 25.3 Å². The average molecular weight is 382 g/mol. The first-order valence-electron chi connectivity index (χ1n) is 8.89. The highest BCUT2D eigenvalue weighted by Gasteiger charge is 2.12. The summed E-state index contributed by atoms with van der Waals surface area (Å²) in [5, 5.41) is 5.37. The number of ether oxygens (including phenoxy) is 2. The summed E-state index contributed by atoms with van der Waals surface area (Å²) < 4.78 is 11.1. The van der Waals surface area contributed by atoms with Crippen LogP contribution < -0.4 is 14.8 Å². The van der Waals surface area contributed by atoms with Gasteiger partial charge in [-0.3, -0.25) is 4.79 Å². The zero-order valence-electron chi connectivity index (χ0n) is 15.4. The zero-order chi connectivity index (χ0) is 19.1. The number of amides is 1. The Balaban J connectivity index is 1.64. The third-order valence-electron chi connectivity index (χ3n) is 3.81. The van der Waals surface area contributed by atoms with Gasteiger partial charge in [-0.1, -0.05) is 24.3 Å². The summed E-state index contributed by atoms with van der Waals surface area (Å²) in [6, 6.07) is 15.3. The lowest BCUT2D eigenvalue weighted by atomic mass is 10.1. The van der Waals surface area contributed by atoms with Gasteiger partial charge in [0.25, 0.3) is 0 Å². The highest BCUT2D eigenvalue weighted by Crippen LogP contribution is 2.32. The fraction of sp³-hybridized carbons (Fsp3) is 0.238. The van der Waals surface area contributed by atoms with Crippen molar-refractivity contribution >= 4 is 22.4 Å². The number of aromatic nitrogens is 1. The molecule has 1 N–H and O–H groups in total. The van der Waals surface area contributed by atoms with Crippen LogP contribution in [0, 0.1) is 0 Å². The van der Waals surface area contributed by atoms with Crippen molar-refractivity contribution < 1.29 is 14.3 Å². The van der Waals surface area contributed by atoms with Crippen molar-refractivity contribution in [1.82, 2.24) is 4.98 Å². The number of rotatable bonds is 8. The molecule has 0 aliphatic carbocycles. The van der Waals surface area contributed by atoms with Crippen LogP contribution in [0.4, 0.5) is 5.13 Å². The van der Waals surface area contributed by atoms with E-state index in [0.717, 1.165) is 28.3 Å². The van der Waals surface area contributed by atoms with Crippen molar-refractivity contribution in [3.63, 3.8) is 0 Å². The number of anilines is 1. The number of para-hydroxylation sites is 1. The summed E-state index contributed by atoms with van der Waals surface area (Å²) >= 11 is 1.40. The normalized spacial score (nSPS) is 10.4. The average Bonchev–Trinajstić information content (AvgIpc) is 3.12. The van der Waals surface area contributed by atoms with Crippen molar-refractivity contribution in [2.45, 2.75) is 20.3 Å². The molecule has 1 amide bonds. The van der Waals surface area contributed by atoms with Crippen LogP contribution in [0.25, 0.3) is 11.3 Å². The van der Waals surface area contributed by atoms with Gasteiger partial charge in [-0.05, 0) is 43.7 Å². The van der Waals surface area contributed by atoms with Crippen molar-refractivity contribution in [2.24, 2.45) is 0 Å². The summed E-state index contributed by atoms with van der Waals surface area (Å²) in [6.07, 6.45) is 0.289. The summed E-state index contributed by atoms with van der Waals surface area (Å²) in [7, 11) is 0. The Morgan fingerprint density at radius 2 is 1.78 bits per heavy atom. The molecule has 0 aliphatic heterocycles. The number of carbonyl (C=O) groups is 1. The molecule has 6 heteroatoms. The standard InChI is InChI=1S/C21H22N2O3S/c1-3-25-16-11-9-15(10-12-16)13-20(24)23-21-22-18(14-27-21)17-7-5-6-8-19(17)26-4-2/h5-12,14H,3-4,13H2,1-2H3,(H,22,23,24). The molecule has 140 valence electrons. The minimum atomic E-state index is -0.0989. The number of benzene rings is 2. The molecule has 3 aromatic rings.